The first kappa shape index (κ1) is 14.9. The molecule has 0 unspecified atom stereocenters. The van der Waals surface area contributed by atoms with E-state index in [0.717, 1.165) is 41.6 Å². The van der Waals surface area contributed by atoms with E-state index in [1.807, 2.05) is 17.8 Å². The number of nitrogens with zero attached hydrogens (tertiary/aromatic N) is 2. The average Bonchev–Trinajstić information content (AvgIpc) is 3.24. The number of carbonyl (C=O) groups is 1. The third-order valence-electron chi connectivity index (χ3n) is 4.85. The summed E-state index contributed by atoms with van der Waals surface area (Å²) in [4.78, 5) is 14.9. The van der Waals surface area contributed by atoms with E-state index in [9.17, 15) is 4.79 Å². The second-order valence-electron chi connectivity index (χ2n) is 6.88. The van der Waals surface area contributed by atoms with Crippen LogP contribution in [0.5, 0.6) is 0 Å². The first-order valence-corrected chi connectivity index (χ1v) is 9.47. The number of anilines is 1. The van der Waals surface area contributed by atoms with Crippen molar-refractivity contribution in [2.24, 2.45) is 5.92 Å². The van der Waals surface area contributed by atoms with E-state index in [4.69, 9.17) is 0 Å². The molecule has 1 fully saturated rings. The zero-order valence-electron chi connectivity index (χ0n) is 13.6. The fourth-order valence-corrected chi connectivity index (χ4v) is 4.42. The lowest BCUT2D eigenvalue weighted by atomic mass is 10.1. The first-order valence-electron chi connectivity index (χ1n) is 8.66. The highest BCUT2D eigenvalue weighted by Gasteiger charge is 2.24. The van der Waals surface area contributed by atoms with Crippen LogP contribution in [-0.2, 0) is 19.4 Å². The molecule has 1 amide bonds. The Hall–Kier alpha value is -1.62. The summed E-state index contributed by atoms with van der Waals surface area (Å²) in [7, 11) is 0. The summed E-state index contributed by atoms with van der Waals surface area (Å²) in [6.07, 6.45) is 10.5. The molecule has 2 aromatic rings. The number of aromatic nitrogens is 2. The zero-order valence-corrected chi connectivity index (χ0v) is 14.4. The van der Waals surface area contributed by atoms with Crippen LogP contribution < -0.4 is 5.32 Å². The third-order valence-corrected chi connectivity index (χ3v) is 6.09. The van der Waals surface area contributed by atoms with Crippen molar-refractivity contribution in [1.82, 2.24) is 9.78 Å². The minimum atomic E-state index is 0.0173. The lowest BCUT2D eigenvalue weighted by Crippen LogP contribution is -2.16. The van der Waals surface area contributed by atoms with E-state index in [-0.39, 0.29) is 5.91 Å². The number of aryl methyl sites for hydroxylation is 3. The van der Waals surface area contributed by atoms with Crippen molar-refractivity contribution in [3.63, 3.8) is 0 Å². The van der Waals surface area contributed by atoms with Gasteiger partial charge >= 0.3 is 0 Å². The summed E-state index contributed by atoms with van der Waals surface area (Å²) in [6, 6.07) is 2.11. The molecule has 2 aliphatic carbocycles. The van der Waals surface area contributed by atoms with Gasteiger partial charge in [-0.05, 0) is 63.0 Å². The number of amides is 1. The Morgan fingerprint density at radius 3 is 3.00 bits per heavy atom. The molecule has 5 heteroatoms. The van der Waals surface area contributed by atoms with Gasteiger partial charge in [0.25, 0.3) is 5.91 Å². The van der Waals surface area contributed by atoms with Gasteiger partial charge in [0.15, 0.2) is 0 Å². The van der Waals surface area contributed by atoms with Gasteiger partial charge in [-0.3, -0.25) is 4.79 Å². The molecule has 4 nitrogen and oxygen atoms in total. The summed E-state index contributed by atoms with van der Waals surface area (Å²) >= 11 is 1.67. The number of hydrogen-bond acceptors (Lipinski definition) is 3. The molecule has 2 aromatic heterocycles. The Kier molecular flexibility index (Phi) is 3.97. The van der Waals surface area contributed by atoms with Gasteiger partial charge in [-0.2, -0.15) is 5.10 Å². The van der Waals surface area contributed by atoms with Crippen molar-refractivity contribution in [2.75, 3.05) is 5.32 Å². The van der Waals surface area contributed by atoms with Crippen LogP contribution >= 0.6 is 11.3 Å². The smallest absolute Gasteiger partial charge is 0.266 e. The molecule has 0 atom stereocenters. The number of thiophene rings is 1. The monoisotopic (exact) mass is 329 g/mol. The van der Waals surface area contributed by atoms with E-state index >= 15 is 0 Å². The molecule has 0 bridgehead atoms. The van der Waals surface area contributed by atoms with E-state index in [2.05, 4.69) is 16.5 Å². The number of nitrogens with one attached hydrogen (secondary N) is 1. The number of hydrogen-bond donors (Lipinski definition) is 1. The minimum absolute atomic E-state index is 0.0173. The van der Waals surface area contributed by atoms with Crippen LogP contribution in [0.3, 0.4) is 0 Å². The van der Waals surface area contributed by atoms with E-state index in [0.29, 0.717) is 0 Å². The second kappa shape index (κ2) is 6.11. The predicted molar refractivity (Wildman–Crippen MR) is 93.2 cm³/mol. The van der Waals surface area contributed by atoms with Gasteiger partial charge in [0.05, 0.1) is 11.1 Å². The van der Waals surface area contributed by atoms with E-state index < -0.39 is 0 Å². The quantitative estimate of drug-likeness (QED) is 0.855. The van der Waals surface area contributed by atoms with Gasteiger partial charge in [0.2, 0.25) is 0 Å². The zero-order chi connectivity index (χ0) is 15.8. The molecule has 0 spiro atoms. The molecule has 0 radical (unpaired) electrons. The molecule has 1 N–H and O–H groups in total. The fraction of sp³-hybridized carbons (Fsp3) is 0.556. The maximum absolute atomic E-state index is 12.7. The first-order chi connectivity index (χ1) is 11.2. The molecular formula is C18H23N3OS. The summed E-state index contributed by atoms with van der Waals surface area (Å²) in [6.45, 7) is 2.93. The van der Waals surface area contributed by atoms with Gasteiger partial charge in [-0.1, -0.05) is 6.42 Å². The maximum atomic E-state index is 12.7. The molecule has 1 saturated carbocycles. The molecule has 122 valence electrons. The van der Waals surface area contributed by atoms with Gasteiger partial charge < -0.3 is 5.32 Å². The normalized spacial score (nSPS) is 17.6. The standard InChI is InChI=1S/C18H23N3OS/c1-12-10-19-21(11-13-7-8-13)17(12)20-18(22)16-9-14-5-3-2-4-6-15(14)23-16/h9-10,13H,2-8,11H2,1H3,(H,20,22). The van der Waals surface area contributed by atoms with Crippen LogP contribution in [0.2, 0.25) is 0 Å². The van der Waals surface area contributed by atoms with Crippen LogP contribution in [0.4, 0.5) is 5.82 Å². The number of fused-ring (bicyclic) bond motifs is 1. The molecule has 0 saturated heterocycles. The minimum Gasteiger partial charge on any atom is -0.306 e. The largest absolute Gasteiger partial charge is 0.306 e. The summed E-state index contributed by atoms with van der Waals surface area (Å²) < 4.78 is 1.96. The molecule has 2 aliphatic rings. The van der Waals surface area contributed by atoms with Gasteiger partial charge in [-0.15, -0.1) is 11.3 Å². The summed E-state index contributed by atoms with van der Waals surface area (Å²) in [5, 5.41) is 7.53. The van der Waals surface area contributed by atoms with Crippen molar-refractivity contribution in [1.29, 1.82) is 0 Å². The summed E-state index contributed by atoms with van der Waals surface area (Å²) in [5.74, 6) is 1.62. The maximum Gasteiger partial charge on any atom is 0.266 e. The van der Waals surface area contributed by atoms with Gasteiger partial charge in [-0.25, -0.2) is 4.68 Å². The Bertz CT molecular complexity index is 703. The van der Waals surface area contributed by atoms with Crippen molar-refractivity contribution in [3.8, 4) is 0 Å². The summed E-state index contributed by atoms with van der Waals surface area (Å²) in [5.41, 5.74) is 2.43. The SMILES string of the molecule is Cc1cnn(CC2CC2)c1NC(=O)c1cc2c(s1)CCCCC2. The van der Waals surface area contributed by atoms with Crippen molar-refractivity contribution >= 4 is 23.1 Å². The fourth-order valence-electron chi connectivity index (χ4n) is 3.27. The number of carbonyl (C=O) groups excluding carboxylic acids is 1. The highest BCUT2D eigenvalue weighted by Crippen LogP contribution is 2.33. The van der Waals surface area contributed by atoms with Crippen molar-refractivity contribution in [3.05, 3.63) is 33.1 Å². The predicted octanol–water partition coefficient (Wildman–Crippen LogP) is 4.18. The number of rotatable bonds is 4. The topological polar surface area (TPSA) is 46.9 Å². The Balaban J connectivity index is 1.52. The molecule has 0 aromatic carbocycles. The molecular weight excluding hydrogens is 306 g/mol. The lowest BCUT2D eigenvalue weighted by molar-refractivity contribution is 0.102. The van der Waals surface area contributed by atoms with Gasteiger partial charge in [0, 0.05) is 17.0 Å². The van der Waals surface area contributed by atoms with Crippen LogP contribution in [0.25, 0.3) is 0 Å². The Labute approximate surface area is 140 Å². The van der Waals surface area contributed by atoms with Gasteiger partial charge in [0.1, 0.15) is 5.82 Å². The van der Waals surface area contributed by atoms with Crippen LogP contribution in [-0.4, -0.2) is 15.7 Å². The average molecular weight is 329 g/mol. The van der Waals surface area contributed by atoms with Crippen LogP contribution in [0.1, 0.15) is 57.8 Å². The highest BCUT2D eigenvalue weighted by atomic mass is 32.1. The Morgan fingerprint density at radius 1 is 1.35 bits per heavy atom. The Morgan fingerprint density at radius 2 is 2.17 bits per heavy atom. The molecule has 0 aliphatic heterocycles. The molecule has 23 heavy (non-hydrogen) atoms. The third kappa shape index (κ3) is 3.20. The second-order valence-corrected chi connectivity index (χ2v) is 8.01. The molecule has 2 heterocycles. The molecule has 4 rings (SSSR count). The van der Waals surface area contributed by atoms with Crippen molar-refractivity contribution < 1.29 is 4.79 Å². The van der Waals surface area contributed by atoms with Crippen LogP contribution in [0.15, 0.2) is 12.3 Å². The van der Waals surface area contributed by atoms with Crippen LogP contribution in [0, 0.1) is 12.8 Å². The lowest BCUT2D eigenvalue weighted by Gasteiger charge is -2.09. The van der Waals surface area contributed by atoms with E-state index in [1.165, 1.54) is 42.5 Å². The van der Waals surface area contributed by atoms with Crippen molar-refractivity contribution in [2.45, 2.75) is 58.4 Å². The highest BCUT2D eigenvalue weighted by molar-refractivity contribution is 7.14. The van der Waals surface area contributed by atoms with E-state index in [1.54, 1.807) is 11.3 Å².